The van der Waals surface area contributed by atoms with Gasteiger partial charge < -0.3 is 10.2 Å². The van der Waals surface area contributed by atoms with E-state index in [2.05, 4.69) is 33.0 Å². The van der Waals surface area contributed by atoms with Crippen molar-refractivity contribution < 1.29 is 4.79 Å². The molecule has 3 nitrogen and oxygen atoms in total. The Labute approximate surface area is 116 Å². The van der Waals surface area contributed by atoms with Gasteiger partial charge in [0, 0.05) is 24.2 Å². The Hall–Kier alpha value is -1.35. The molecule has 0 spiro atoms. The molecule has 0 unspecified atom stereocenters. The Morgan fingerprint density at radius 2 is 1.84 bits per heavy atom. The van der Waals surface area contributed by atoms with Gasteiger partial charge in [-0.1, -0.05) is 30.3 Å². The number of hydrogen-bond acceptors (Lipinski definition) is 2. The highest BCUT2D eigenvalue weighted by atomic mass is 16.2. The summed E-state index contributed by atoms with van der Waals surface area (Å²) in [5.74, 6) is 0.214. The summed E-state index contributed by atoms with van der Waals surface area (Å²) in [4.78, 5) is 14.6. The third-order valence-electron chi connectivity index (χ3n) is 3.78. The number of carbonyl (C=O) groups is 1. The number of rotatable bonds is 2. The zero-order valence-corrected chi connectivity index (χ0v) is 12.4. The van der Waals surface area contributed by atoms with Gasteiger partial charge in [-0.15, -0.1) is 0 Å². The van der Waals surface area contributed by atoms with Gasteiger partial charge in [-0.25, -0.2) is 0 Å². The van der Waals surface area contributed by atoms with Crippen molar-refractivity contribution in [3.63, 3.8) is 0 Å². The highest BCUT2D eigenvalue weighted by molar-refractivity contribution is 5.79. The van der Waals surface area contributed by atoms with Crippen LogP contribution in [-0.2, 0) is 11.2 Å². The second kappa shape index (κ2) is 4.97. The molecule has 0 radical (unpaired) electrons. The lowest BCUT2D eigenvalue weighted by molar-refractivity contribution is -0.139. The van der Waals surface area contributed by atoms with Crippen LogP contribution in [0.1, 0.15) is 33.3 Å². The summed E-state index contributed by atoms with van der Waals surface area (Å²) in [6.45, 7) is 10.1. The Morgan fingerprint density at radius 3 is 2.47 bits per heavy atom. The third-order valence-corrected chi connectivity index (χ3v) is 3.78. The van der Waals surface area contributed by atoms with Gasteiger partial charge in [-0.05, 0) is 33.3 Å². The Balaban J connectivity index is 2.12. The van der Waals surface area contributed by atoms with Crippen LogP contribution < -0.4 is 5.32 Å². The predicted molar refractivity (Wildman–Crippen MR) is 78.0 cm³/mol. The lowest BCUT2D eigenvalue weighted by Gasteiger charge is -2.49. The molecule has 1 fully saturated rings. The SMILES string of the molecule is CC1(C)CN(C(=O)Cc2ccccc2)C(C)(C)CN1. The minimum absolute atomic E-state index is 0.0120. The van der Waals surface area contributed by atoms with E-state index in [1.54, 1.807) is 0 Å². The molecule has 1 N–H and O–H groups in total. The van der Waals surface area contributed by atoms with E-state index >= 15 is 0 Å². The molecule has 1 saturated heterocycles. The van der Waals surface area contributed by atoms with Crippen molar-refractivity contribution in [1.82, 2.24) is 10.2 Å². The molecule has 1 aromatic carbocycles. The third kappa shape index (κ3) is 3.35. The first kappa shape index (κ1) is 14.1. The van der Waals surface area contributed by atoms with Crippen LogP contribution in [0.3, 0.4) is 0 Å². The summed E-state index contributed by atoms with van der Waals surface area (Å²) in [5.41, 5.74) is 0.947. The van der Waals surface area contributed by atoms with E-state index in [9.17, 15) is 4.79 Å². The molecule has 1 amide bonds. The van der Waals surface area contributed by atoms with Gasteiger partial charge in [0.25, 0.3) is 0 Å². The smallest absolute Gasteiger partial charge is 0.227 e. The minimum Gasteiger partial charge on any atom is -0.334 e. The lowest BCUT2D eigenvalue weighted by atomic mass is 9.91. The van der Waals surface area contributed by atoms with Crippen molar-refractivity contribution in [1.29, 1.82) is 0 Å². The van der Waals surface area contributed by atoms with Crippen LogP contribution in [0.15, 0.2) is 30.3 Å². The van der Waals surface area contributed by atoms with Crippen molar-refractivity contribution in [2.75, 3.05) is 13.1 Å². The molecule has 104 valence electrons. The van der Waals surface area contributed by atoms with E-state index in [-0.39, 0.29) is 17.0 Å². The number of hydrogen-bond donors (Lipinski definition) is 1. The number of amides is 1. The van der Waals surface area contributed by atoms with Crippen LogP contribution in [0, 0.1) is 0 Å². The van der Waals surface area contributed by atoms with Crippen molar-refractivity contribution in [3.05, 3.63) is 35.9 Å². The molecule has 0 atom stereocenters. The molecule has 1 aliphatic rings. The average molecular weight is 260 g/mol. The average Bonchev–Trinajstić information content (AvgIpc) is 2.34. The fourth-order valence-corrected chi connectivity index (χ4v) is 2.51. The van der Waals surface area contributed by atoms with Crippen molar-refractivity contribution >= 4 is 5.91 Å². The summed E-state index contributed by atoms with van der Waals surface area (Å²) >= 11 is 0. The number of benzene rings is 1. The summed E-state index contributed by atoms with van der Waals surface area (Å²) in [6.07, 6.45) is 0.486. The van der Waals surface area contributed by atoms with Gasteiger partial charge in [0.05, 0.1) is 6.42 Å². The first-order valence-corrected chi connectivity index (χ1v) is 6.90. The van der Waals surface area contributed by atoms with E-state index < -0.39 is 0 Å². The standard InChI is InChI=1S/C16H24N2O/c1-15(2)12-18(16(3,4)11-17-15)14(19)10-13-8-6-5-7-9-13/h5-9,17H,10-12H2,1-4H3. The summed E-state index contributed by atoms with van der Waals surface area (Å²) in [6, 6.07) is 9.97. The summed E-state index contributed by atoms with van der Waals surface area (Å²) in [5, 5.41) is 3.50. The van der Waals surface area contributed by atoms with E-state index in [0.29, 0.717) is 6.42 Å². The molecular formula is C16H24N2O. The molecule has 3 heteroatoms. The van der Waals surface area contributed by atoms with Crippen LogP contribution in [0.5, 0.6) is 0 Å². The molecule has 1 aromatic rings. The first-order chi connectivity index (χ1) is 8.80. The van der Waals surface area contributed by atoms with E-state index in [0.717, 1.165) is 18.7 Å². The van der Waals surface area contributed by atoms with Gasteiger partial charge in [0.1, 0.15) is 0 Å². The molecule has 0 bridgehead atoms. The molecule has 1 heterocycles. The highest BCUT2D eigenvalue weighted by Crippen LogP contribution is 2.24. The van der Waals surface area contributed by atoms with E-state index in [1.165, 1.54) is 0 Å². The Morgan fingerprint density at radius 1 is 1.21 bits per heavy atom. The van der Waals surface area contributed by atoms with Gasteiger partial charge in [0.2, 0.25) is 5.91 Å². The number of nitrogens with zero attached hydrogens (tertiary/aromatic N) is 1. The maximum absolute atomic E-state index is 12.6. The quantitative estimate of drug-likeness (QED) is 0.884. The lowest BCUT2D eigenvalue weighted by Crippen LogP contribution is -2.67. The normalized spacial score (nSPS) is 21.2. The first-order valence-electron chi connectivity index (χ1n) is 6.90. The van der Waals surface area contributed by atoms with Crippen molar-refractivity contribution in [3.8, 4) is 0 Å². The van der Waals surface area contributed by atoms with Crippen LogP contribution in [0.4, 0.5) is 0 Å². The molecule has 1 aliphatic heterocycles. The molecule has 0 aromatic heterocycles. The number of piperazine rings is 1. The van der Waals surface area contributed by atoms with E-state index in [1.807, 2.05) is 35.2 Å². The van der Waals surface area contributed by atoms with E-state index in [4.69, 9.17) is 0 Å². The summed E-state index contributed by atoms with van der Waals surface area (Å²) in [7, 11) is 0. The highest BCUT2D eigenvalue weighted by Gasteiger charge is 2.39. The molecule has 0 saturated carbocycles. The number of carbonyl (C=O) groups excluding carboxylic acids is 1. The zero-order chi connectivity index (χ0) is 14.1. The topological polar surface area (TPSA) is 32.3 Å². The maximum Gasteiger partial charge on any atom is 0.227 e. The maximum atomic E-state index is 12.6. The van der Waals surface area contributed by atoms with Gasteiger partial charge >= 0.3 is 0 Å². The van der Waals surface area contributed by atoms with Crippen molar-refractivity contribution in [2.45, 2.75) is 45.2 Å². The van der Waals surface area contributed by atoms with Crippen LogP contribution >= 0.6 is 0 Å². The van der Waals surface area contributed by atoms with Crippen molar-refractivity contribution in [2.24, 2.45) is 0 Å². The Kier molecular flexibility index (Phi) is 3.68. The van der Waals surface area contributed by atoms with Gasteiger partial charge in [-0.3, -0.25) is 4.79 Å². The van der Waals surface area contributed by atoms with Crippen LogP contribution in [0.2, 0.25) is 0 Å². The molecular weight excluding hydrogens is 236 g/mol. The fraction of sp³-hybridized carbons (Fsp3) is 0.562. The summed E-state index contributed by atoms with van der Waals surface area (Å²) < 4.78 is 0. The zero-order valence-electron chi connectivity index (χ0n) is 12.4. The number of nitrogens with one attached hydrogen (secondary N) is 1. The Bertz CT molecular complexity index is 451. The van der Waals surface area contributed by atoms with Crippen LogP contribution in [-0.4, -0.2) is 35.0 Å². The molecule has 2 rings (SSSR count). The second-order valence-electron chi connectivity index (χ2n) is 6.69. The molecule has 0 aliphatic carbocycles. The van der Waals surface area contributed by atoms with Gasteiger partial charge in [0.15, 0.2) is 0 Å². The predicted octanol–water partition coefficient (Wildman–Crippen LogP) is 2.22. The van der Waals surface area contributed by atoms with Crippen LogP contribution in [0.25, 0.3) is 0 Å². The minimum atomic E-state index is -0.124. The molecule has 19 heavy (non-hydrogen) atoms. The van der Waals surface area contributed by atoms with Gasteiger partial charge in [-0.2, -0.15) is 0 Å². The fourth-order valence-electron chi connectivity index (χ4n) is 2.51. The largest absolute Gasteiger partial charge is 0.334 e. The monoisotopic (exact) mass is 260 g/mol. The second-order valence-corrected chi connectivity index (χ2v) is 6.69.